The Hall–Kier alpha value is -5.25. The van der Waals surface area contributed by atoms with Crippen LogP contribution in [0.15, 0.2) is 91.0 Å². The molecule has 0 aliphatic carbocycles. The van der Waals surface area contributed by atoms with Gasteiger partial charge < -0.3 is 15.0 Å². The molecule has 0 bridgehead atoms. The summed E-state index contributed by atoms with van der Waals surface area (Å²) >= 11 is 0. The van der Waals surface area contributed by atoms with E-state index >= 15 is 0 Å². The number of amides is 2. The summed E-state index contributed by atoms with van der Waals surface area (Å²) in [4.78, 5) is 52.2. The second-order valence-corrected chi connectivity index (χ2v) is 10.8. The van der Waals surface area contributed by atoms with E-state index in [2.05, 4.69) is 5.32 Å². The van der Waals surface area contributed by atoms with Crippen LogP contribution in [0.3, 0.4) is 0 Å². The number of halogens is 3. The van der Waals surface area contributed by atoms with Crippen LogP contribution in [0.5, 0.6) is 5.75 Å². The van der Waals surface area contributed by atoms with E-state index in [1.165, 1.54) is 37.2 Å². The largest absolute Gasteiger partial charge is 0.427 e. The molecule has 1 N–H and O–H groups in total. The summed E-state index contributed by atoms with van der Waals surface area (Å²) in [6.45, 7) is 1.76. The number of esters is 1. The van der Waals surface area contributed by atoms with Gasteiger partial charge >= 0.3 is 12.1 Å². The Kier molecular flexibility index (Phi) is 10.7. The number of Topliss-reactive ketones (excluding diaryl/α,β-unsaturated/α-hetero) is 1. The molecular formula is C36H33F3N2O5. The summed E-state index contributed by atoms with van der Waals surface area (Å²) in [6, 6.07) is 22.8. The molecule has 0 unspecified atom stereocenters. The van der Waals surface area contributed by atoms with Crippen molar-refractivity contribution in [1.82, 2.24) is 4.90 Å². The SMILES string of the molecule is CCC(=O)c1ccc(OC(=O)CCCc2ccc(NC(=O)c3c(-c4ccccc4)cccc3C(F)(F)F)c(C(=O)N(C)C)c2)cc1. The average Bonchev–Trinajstić information content (AvgIpc) is 3.04. The molecule has 238 valence electrons. The normalized spacial score (nSPS) is 11.1. The number of alkyl halides is 3. The molecule has 0 heterocycles. The molecule has 4 aromatic rings. The Balaban J connectivity index is 1.52. The summed E-state index contributed by atoms with van der Waals surface area (Å²) in [6.07, 6.45) is -3.60. The highest BCUT2D eigenvalue weighted by Gasteiger charge is 2.37. The standard InChI is InChI=1S/C36H33F3N2O5/c1-4-31(42)25-17-19-26(20-18-25)46-32(43)15-8-10-23-16-21-30(28(22-23)35(45)41(2)3)40-34(44)33-27(24-11-6-5-7-12-24)13-9-14-29(33)36(37,38)39/h5-7,9,11-14,16-22H,4,8,10,15H2,1-3H3,(H,40,44). The summed E-state index contributed by atoms with van der Waals surface area (Å²) in [5.41, 5.74) is 0.228. The van der Waals surface area contributed by atoms with Gasteiger partial charge in [-0.2, -0.15) is 13.2 Å². The van der Waals surface area contributed by atoms with E-state index in [0.717, 1.165) is 6.07 Å². The molecule has 0 radical (unpaired) electrons. The highest BCUT2D eigenvalue weighted by molar-refractivity contribution is 6.12. The number of carbonyl (C=O) groups excluding carboxylic acids is 4. The third-order valence-electron chi connectivity index (χ3n) is 7.23. The van der Waals surface area contributed by atoms with E-state index in [4.69, 9.17) is 4.74 Å². The molecule has 10 heteroatoms. The molecule has 46 heavy (non-hydrogen) atoms. The zero-order valence-corrected chi connectivity index (χ0v) is 25.6. The van der Waals surface area contributed by atoms with Gasteiger partial charge in [0.05, 0.1) is 22.4 Å². The Morgan fingerprint density at radius 1 is 0.848 bits per heavy atom. The Labute approximate surface area is 265 Å². The maximum atomic E-state index is 14.1. The molecule has 0 spiro atoms. The van der Waals surface area contributed by atoms with E-state index < -0.39 is 35.1 Å². The van der Waals surface area contributed by atoms with Crippen molar-refractivity contribution >= 4 is 29.3 Å². The molecule has 0 saturated heterocycles. The quantitative estimate of drug-likeness (QED) is 0.104. The van der Waals surface area contributed by atoms with Gasteiger partial charge in [0.2, 0.25) is 0 Å². The van der Waals surface area contributed by atoms with Gasteiger partial charge in [-0.15, -0.1) is 0 Å². The molecule has 7 nitrogen and oxygen atoms in total. The number of nitrogens with one attached hydrogen (secondary N) is 1. The molecule has 0 aliphatic rings. The predicted molar refractivity (Wildman–Crippen MR) is 169 cm³/mol. The third-order valence-corrected chi connectivity index (χ3v) is 7.23. The topological polar surface area (TPSA) is 92.8 Å². The molecule has 0 aromatic heterocycles. The first-order chi connectivity index (χ1) is 21.9. The number of benzene rings is 4. The second-order valence-electron chi connectivity index (χ2n) is 10.8. The molecule has 2 amide bonds. The number of anilines is 1. The van der Waals surface area contributed by atoms with Gasteiger partial charge in [0, 0.05) is 32.5 Å². The first-order valence-corrected chi connectivity index (χ1v) is 14.6. The van der Waals surface area contributed by atoms with Gasteiger partial charge in [-0.05, 0) is 72.0 Å². The van der Waals surface area contributed by atoms with Gasteiger partial charge in [-0.3, -0.25) is 19.2 Å². The molecule has 0 saturated carbocycles. The number of ether oxygens (including phenoxy) is 1. The summed E-state index contributed by atoms with van der Waals surface area (Å²) < 4.78 is 47.6. The summed E-state index contributed by atoms with van der Waals surface area (Å²) in [5, 5.41) is 2.55. The smallest absolute Gasteiger partial charge is 0.417 e. The molecule has 0 aliphatic heterocycles. The van der Waals surface area contributed by atoms with E-state index in [1.807, 2.05) is 0 Å². The van der Waals surface area contributed by atoms with Crippen molar-refractivity contribution < 1.29 is 37.1 Å². The maximum Gasteiger partial charge on any atom is 0.417 e. The lowest BCUT2D eigenvalue weighted by molar-refractivity contribution is -0.138. The highest BCUT2D eigenvalue weighted by Crippen LogP contribution is 2.37. The van der Waals surface area contributed by atoms with Crippen LogP contribution >= 0.6 is 0 Å². The lowest BCUT2D eigenvalue weighted by Gasteiger charge is -2.19. The molecule has 0 fully saturated rings. The van der Waals surface area contributed by atoms with Crippen LogP contribution in [0.1, 0.15) is 68.4 Å². The fourth-order valence-corrected chi connectivity index (χ4v) is 4.88. The fourth-order valence-electron chi connectivity index (χ4n) is 4.88. The van der Waals surface area contributed by atoms with Crippen LogP contribution in [0.4, 0.5) is 18.9 Å². The van der Waals surface area contributed by atoms with Crippen LogP contribution in [-0.2, 0) is 17.4 Å². The lowest BCUT2D eigenvalue weighted by Crippen LogP contribution is -2.25. The number of hydrogen-bond acceptors (Lipinski definition) is 5. The van der Waals surface area contributed by atoms with Gasteiger partial charge in [-0.1, -0.05) is 55.5 Å². The van der Waals surface area contributed by atoms with Crippen LogP contribution in [-0.4, -0.2) is 42.6 Å². The van der Waals surface area contributed by atoms with Crippen molar-refractivity contribution in [2.24, 2.45) is 0 Å². The number of nitrogens with zero attached hydrogens (tertiary/aromatic N) is 1. The third kappa shape index (κ3) is 8.26. The number of rotatable bonds is 11. The van der Waals surface area contributed by atoms with Crippen LogP contribution in [0.25, 0.3) is 11.1 Å². The minimum absolute atomic E-state index is 0.0152. The number of carbonyl (C=O) groups is 4. The zero-order valence-electron chi connectivity index (χ0n) is 25.6. The minimum Gasteiger partial charge on any atom is -0.427 e. The number of aryl methyl sites for hydroxylation is 1. The Morgan fingerprint density at radius 3 is 2.17 bits per heavy atom. The minimum atomic E-state index is -4.80. The molecular weight excluding hydrogens is 597 g/mol. The Morgan fingerprint density at radius 2 is 1.54 bits per heavy atom. The van der Waals surface area contributed by atoms with Crippen molar-refractivity contribution in [2.45, 2.75) is 38.8 Å². The van der Waals surface area contributed by atoms with Crippen molar-refractivity contribution in [3.63, 3.8) is 0 Å². The van der Waals surface area contributed by atoms with E-state index in [0.29, 0.717) is 41.7 Å². The van der Waals surface area contributed by atoms with Crippen molar-refractivity contribution in [1.29, 1.82) is 0 Å². The second kappa shape index (κ2) is 14.7. The first-order valence-electron chi connectivity index (χ1n) is 14.6. The first kappa shape index (κ1) is 33.6. The summed E-state index contributed by atoms with van der Waals surface area (Å²) in [5.74, 6) is -1.64. The van der Waals surface area contributed by atoms with Crippen molar-refractivity contribution in [2.75, 3.05) is 19.4 Å². The molecule has 4 aromatic carbocycles. The van der Waals surface area contributed by atoms with Gasteiger partial charge in [-0.25, -0.2) is 0 Å². The maximum absolute atomic E-state index is 14.1. The van der Waals surface area contributed by atoms with Gasteiger partial charge in [0.25, 0.3) is 11.8 Å². The van der Waals surface area contributed by atoms with Crippen LogP contribution < -0.4 is 10.1 Å². The lowest BCUT2D eigenvalue weighted by atomic mass is 9.94. The van der Waals surface area contributed by atoms with Crippen LogP contribution in [0, 0.1) is 0 Å². The van der Waals surface area contributed by atoms with Crippen molar-refractivity contribution in [3.8, 4) is 16.9 Å². The monoisotopic (exact) mass is 630 g/mol. The number of hydrogen-bond donors (Lipinski definition) is 1. The average molecular weight is 631 g/mol. The van der Waals surface area contributed by atoms with Crippen LogP contribution in [0.2, 0.25) is 0 Å². The van der Waals surface area contributed by atoms with Crippen molar-refractivity contribution in [3.05, 3.63) is 119 Å². The molecule has 4 rings (SSSR count). The number of ketones is 1. The van der Waals surface area contributed by atoms with E-state index in [1.54, 1.807) is 73.7 Å². The zero-order chi connectivity index (χ0) is 33.4. The van der Waals surface area contributed by atoms with E-state index in [9.17, 15) is 32.3 Å². The highest BCUT2D eigenvalue weighted by atomic mass is 19.4. The predicted octanol–water partition coefficient (Wildman–Crippen LogP) is 7.85. The van der Waals surface area contributed by atoms with Gasteiger partial charge in [0.15, 0.2) is 5.78 Å². The fraction of sp³-hybridized carbons (Fsp3) is 0.222. The van der Waals surface area contributed by atoms with E-state index in [-0.39, 0.29) is 29.0 Å². The van der Waals surface area contributed by atoms with Gasteiger partial charge in [0.1, 0.15) is 5.75 Å². The Bertz CT molecular complexity index is 1730. The molecule has 0 atom stereocenters. The summed E-state index contributed by atoms with van der Waals surface area (Å²) in [7, 11) is 3.04.